The molecule has 0 radical (unpaired) electrons. The molecule has 0 atom stereocenters. The molecule has 0 spiro atoms. The first-order valence-corrected chi connectivity index (χ1v) is 6.03. The van der Waals surface area contributed by atoms with Crippen molar-refractivity contribution in [2.45, 2.75) is 32.6 Å². The van der Waals surface area contributed by atoms with Gasteiger partial charge in [-0.15, -0.1) is 12.1 Å². The molecule has 1 nitrogen and oxygen atoms in total. The van der Waals surface area contributed by atoms with Gasteiger partial charge < -0.3 is 17.8 Å². The maximum Gasteiger partial charge on any atom is 1.00 e. The number of hydrogen-bond acceptors (Lipinski definition) is 1. The summed E-state index contributed by atoms with van der Waals surface area (Å²) in [5.74, 6) is 0.714. The first kappa shape index (κ1) is 18.2. The van der Waals surface area contributed by atoms with Crippen LogP contribution in [-0.4, -0.2) is 31.5 Å². The van der Waals surface area contributed by atoms with Crippen LogP contribution < -0.4 is 51.4 Å². The molecular formula is C11H20BF3KN. The van der Waals surface area contributed by atoms with Crippen molar-refractivity contribution in [1.29, 1.82) is 0 Å². The van der Waals surface area contributed by atoms with Crippen molar-refractivity contribution in [3.63, 3.8) is 0 Å². The Kier molecular flexibility index (Phi) is 8.97. The van der Waals surface area contributed by atoms with E-state index in [0.717, 1.165) is 25.9 Å². The number of likely N-dealkylation sites (tertiary alicyclic amines) is 1. The molecule has 0 amide bonds. The number of rotatable bonds is 5. The van der Waals surface area contributed by atoms with Gasteiger partial charge in [-0.25, -0.2) is 0 Å². The third-order valence-corrected chi connectivity index (χ3v) is 3.29. The zero-order valence-electron chi connectivity index (χ0n) is 10.9. The van der Waals surface area contributed by atoms with Crippen LogP contribution in [0.4, 0.5) is 12.9 Å². The third kappa shape index (κ3) is 6.78. The van der Waals surface area contributed by atoms with Gasteiger partial charge in [0.15, 0.2) is 0 Å². The van der Waals surface area contributed by atoms with E-state index in [2.05, 4.69) is 13.5 Å². The second kappa shape index (κ2) is 8.38. The normalized spacial score (nSPS) is 18.8. The van der Waals surface area contributed by atoms with Crippen molar-refractivity contribution in [2.75, 3.05) is 19.6 Å². The molecule has 0 aromatic carbocycles. The molecule has 1 fully saturated rings. The summed E-state index contributed by atoms with van der Waals surface area (Å²) < 4.78 is 37.0. The van der Waals surface area contributed by atoms with E-state index in [0.29, 0.717) is 5.92 Å². The second-order valence-corrected chi connectivity index (χ2v) is 4.74. The van der Waals surface area contributed by atoms with Gasteiger partial charge in [0, 0.05) is 0 Å². The quantitative estimate of drug-likeness (QED) is 0.657. The van der Waals surface area contributed by atoms with Crippen LogP contribution in [0.1, 0.15) is 32.6 Å². The van der Waals surface area contributed by atoms with Crippen LogP contribution in [0.15, 0.2) is 12.1 Å². The summed E-state index contributed by atoms with van der Waals surface area (Å²) in [4.78, 5) is 1.88. The fourth-order valence-electron chi connectivity index (χ4n) is 2.23. The Labute approximate surface area is 145 Å². The third-order valence-electron chi connectivity index (χ3n) is 3.29. The van der Waals surface area contributed by atoms with Crippen molar-refractivity contribution < 1.29 is 64.3 Å². The van der Waals surface area contributed by atoms with Crippen LogP contribution in [0.3, 0.4) is 0 Å². The van der Waals surface area contributed by atoms with Gasteiger partial charge in [-0.1, -0.05) is 19.8 Å². The molecule has 0 N–H and O–H groups in total. The molecule has 1 aliphatic heterocycles. The van der Waals surface area contributed by atoms with Gasteiger partial charge in [0.05, 0.1) is 0 Å². The molecule has 1 rings (SSSR count). The molecule has 17 heavy (non-hydrogen) atoms. The molecule has 1 aliphatic rings. The van der Waals surface area contributed by atoms with Gasteiger partial charge in [-0.3, -0.25) is 0 Å². The molecule has 1 heterocycles. The number of halogens is 3. The maximum atomic E-state index is 12.3. The van der Waals surface area contributed by atoms with E-state index in [1.807, 2.05) is 4.90 Å². The van der Waals surface area contributed by atoms with Crippen molar-refractivity contribution in [3.8, 4) is 0 Å². The Balaban J connectivity index is 0.00000256. The average molecular weight is 273 g/mol. The zero-order valence-corrected chi connectivity index (χ0v) is 14.0. The largest absolute Gasteiger partial charge is 1.00 e. The van der Waals surface area contributed by atoms with E-state index < -0.39 is 12.4 Å². The molecule has 0 aromatic heterocycles. The van der Waals surface area contributed by atoms with Gasteiger partial charge >= 0.3 is 58.4 Å². The van der Waals surface area contributed by atoms with Crippen LogP contribution in [0.5, 0.6) is 0 Å². The smallest absolute Gasteiger partial charge is 0.445 e. The SMILES string of the molecule is C=C(CN1CCC(CCC)CC1)[B-](F)(F)F.[K+]. The summed E-state index contributed by atoms with van der Waals surface area (Å²) in [7, 11) is 0. The Bertz CT molecular complexity index is 237. The van der Waals surface area contributed by atoms with Crippen LogP contribution in [0.25, 0.3) is 0 Å². The molecule has 0 aliphatic carbocycles. The topological polar surface area (TPSA) is 3.24 Å². The van der Waals surface area contributed by atoms with Crippen molar-refractivity contribution >= 4 is 6.98 Å². The van der Waals surface area contributed by atoms with E-state index >= 15 is 0 Å². The van der Waals surface area contributed by atoms with Crippen LogP contribution in [0, 0.1) is 5.92 Å². The van der Waals surface area contributed by atoms with E-state index in [1.54, 1.807) is 0 Å². The standard InChI is InChI=1S/C11H20BF3N.K/c1-3-4-11-5-7-16(8-6-11)9-10(2)12(13,14)15;/h11H,2-9H2,1H3;/q-1;+1. The van der Waals surface area contributed by atoms with E-state index in [1.165, 1.54) is 12.8 Å². The van der Waals surface area contributed by atoms with Crippen LogP contribution >= 0.6 is 0 Å². The van der Waals surface area contributed by atoms with Crippen molar-refractivity contribution in [3.05, 3.63) is 12.1 Å². The van der Waals surface area contributed by atoms with Crippen molar-refractivity contribution in [2.24, 2.45) is 5.92 Å². The average Bonchev–Trinajstić information content (AvgIpc) is 2.20. The molecule has 1 saturated heterocycles. The summed E-state index contributed by atoms with van der Waals surface area (Å²) in [5.41, 5.74) is -0.561. The summed E-state index contributed by atoms with van der Waals surface area (Å²) in [6.07, 6.45) is 4.44. The fourth-order valence-corrected chi connectivity index (χ4v) is 2.23. The van der Waals surface area contributed by atoms with E-state index in [-0.39, 0.29) is 57.9 Å². The number of hydrogen-bond donors (Lipinski definition) is 0. The van der Waals surface area contributed by atoms with E-state index in [4.69, 9.17) is 0 Å². The van der Waals surface area contributed by atoms with Crippen molar-refractivity contribution in [1.82, 2.24) is 4.90 Å². The Morgan fingerprint density at radius 1 is 1.29 bits per heavy atom. The zero-order chi connectivity index (χ0) is 12.2. The fraction of sp³-hybridized carbons (Fsp3) is 0.818. The summed E-state index contributed by atoms with van der Waals surface area (Å²) in [6.45, 7) is 2.01. The summed E-state index contributed by atoms with van der Waals surface area (Å²) in [6, 6.07) is 0. The monoisotopic (exact) mass is 273 g/mol. The minimum Gasteiger partial charge on any atom is -0.445 e. The molecular weight excluding hydrogens is 253 g/mol. The molecule has 94 valence electrons. The predicted octanol–water partition coefficient (Wildman–Crippen LogP) is 0.445. The van der Waals surface area contributed by atoms with Gasteiger partial charge in [-0.2, -0.15) is 0 Å². The maximum absolute atomic E-state index is 12.3. The minimum absolute atomic E-state index is 0. The molecule has 0 unspecified atom stereocenters. The minimum atomic E-state index is -4.86. The van der Waals surface area contributed by atoms with E-state index in [9.17, 15) is 12.9 Å². The molecule has 0 saturated carbocycles. The second-order valence-electron chi connectivity index (χ2n) is 4.74. The van der Waals surface area contributed by atoms with Gasteiger partial charge in [-0.05, 0) is 38.4 Å². The van der Waals surface area contributed by atoms with Crippen LogP contribution in [-0.2, 0) is 0 Å². The Morgan fingerprint density at radius 2 is 1.82 bits per heavy atom. The predicted molar refractivity (Wildman–Crippen MR) is 62.3 cm³/mol. The summed E-state index contributed by atoms with van der Waals surface area (Å²) in [5, 5.41) is 0. The summed E-state index contributed by atoms with van der Waals surface area (Å²) >= 11 is 0. The van der Waals surface area contributed by atoms with Gasteiger partial charge in [0.25, 0.3) is 0 Å². The molecule has 0 aromatic rings. The van der Waals surface area contributed by atoms with Gasteiger partial charge in [0.2, 0.25) is 0 Å². The van der Waals surface area contributed by atoms with Gasteiger partial charge in [0.1, 0.15) is 0 Å². The van der Waals surface area contributed by atoms with Crippen LogP contribution in [0.2, 0.25) is 0 Å². The molecule has 6 heteroatoms. The number of piperidine rings is 1. The molecule has 0 bridgehead atoms. The first-order chi connectivity index (χ1) is 7.43. The number of nitrogens with zero attached hydrogens (tertiary/aromatic N) is 1. The first-order valence-electron chi connectivity index (χ1n) is 6.03. The Hall–Kier alpha value is 1.19. The Morgan fingerprint density at radius 3 is 2.24 bits per heavy atom.